The Hall–Kier alpha value is -3.45. The summed E-state index contributed by atoms with van der Waals surface area (Å²) in [5.74, 6) is 0.0108. The van der Waals surface area contributed by atoms with Crippen molar-refractivity contribution < 1.29 is 13.7 Å². The van der Waals surface area contributed by atoms with Crippen LogP contribution in [0.1, 0.15) is 5.56 Å². The number of rotatable bonds is 5. The summed E-state index contributed by atoms with van der Waals surface area (Å²) in [7, 11) is 0. The number of hydrogen-bond acceptors (Lipinski definition) is 4. The first-order valence-corrected chi connectivity index (χ1v) is 9.18. The standard InChI is InChI=1S/C21H16ClFN4O2/c1-13-4-9-17(16(22)11-13)24-19(28)12-27-10-2-3-18(27)21-25-20(26-29-21)14-5-7-15(23)8-6-14/h2-11H,12H2,1H3,(H,24,28). The van der Waals surface area contributed by atoms with Gasteiger partial charge in [-0.15, -0.1) is 0 Å². The van der Waals surface area contributed by atoms with E-state index in [2.05, 4.69) is 15.5 Å². The van der Waals surface area contributed by atoms with E-state index in [4.69, 9.17) is 16.1 Å². The Morgan fingerprint density at radius 2 is 2.00 bits per heavy atom. The summed E-state index contributed by atoms with van der Waals surface area (Å²) < 4.78 is 20.1. The van der Waals surface area contributed by atoms with E-state index < -0.39 is 0 Å². The van der Waals surface area contributed by atoms with Crippen LogP contribution >= 0.6 is 11.6 Å². The van der Waals surface area contributed by atoms with E-state index in [-0.39, 0.29) is 24.2 Å². The zero-order chi connectivity index (χ0) is 20.4. The van der Waals surface area contributed by atoms with Gasteiger partial charge in [0.05, 0.1) is 10.7 Å². The van der Waals surface area contributed by atoms with Gasteiger partial charge in [-0.05, 0) is 61.0 Å². The smallest absolute Gasteiger partial charge is 0.274 e. The average molecular weight is 411 g/mol. The van der Waals surface area contributed by atoms with Crippen LogP contribution in [-0.4, -0.2) is 20.6 Å². The molecule has 0 spiro atoms. The molecule has 0 unspecified atom stereocenters. The fraction of sp³-hybridized carbons (Fsp3) is 0.0952. The highest BCUT2D eigenvalue weighted by atomic mass is 35.5. The number of aryl methyl sites for hydroxylation is 1. The number of nitrogens with zero attached hydrogens (tertiary/aromatic N) is 3. The van der Waals surface area contributed by atoms with Crippen LogP contribution in [0.4, 0.5) is 10.1 Å². The van der Waals surface area contributed by atoms with Gasteiger partial charge in [-0.1, -0.05) is 22.8 Å². The Morgan fingerprint density at radius 3 is 2.76 bits per heavy atom. The molecule has 0 radical (unpaired) electrons. The first-order valence-electron chi connectivity index (χ1n) is 8.81. The highest BCUT2D eigenvalue weighted by molar-refractivity contribution is 6.33. The molecule has 2 aromatic carbocycles. The molecule has 0 saturated heterocycles. The lowest BCUT2D eigenvalue weighted by atomic mass is 10.2. The molecule has 29 heavy (non-hydrogen) atoms. The molecule has 0 atom stereocenters. The fourth-order valence-corrected chi connectivity index (χ4v) is 3.14. The molecular weight excluding hydrogens is 395 g/mol. The molecular formula is C21H16ClFN4O2. The van der Waals surface area contributed by atoms with E-state index >= 15 is 0 Å². The van der Waals surface area contributed by atoms with Gasteiger partial charge in [0, 0.05) is 11.8 Å². The maximum absolute atomic E-state index is 13.1. The first kappa shape index (κ1) is 18.9. The number of carbonyl (C=O) groups is 1. The first-order chi connectivity index (χ1) is 14.0. The number of anilines is 1. The lowest BCUT2D eigenvalue weighted by Crippen LogP contribution is -2.19. The predicted molar refractivity (Wildman–Crippen MR) is 108 cm³/mol. The minimum atomic E-state index is -0.342. The Bertz CT molecular complexity index is 1170. The number of hydrogen-bond donors (Lipinski definition) is 1. The molecule has 4 rings (SSSR count). The molecule has 2 aromatic heterocycles. The highest BCUT2D eigenvalue weighted by Crippen LogP contribution is 2.25. The van der Waals surface area contributed by atoms with E-state index in [1.807, 2.05) is 13.0 Å². The van der Waals surface area contributed by atoms with E-state index in [9.17, 15) is 9.18 Å². The summed E-state index contributed by atoms with van der Waals surface area (Å²) in [4.78, 5) is 16.8. The zero-order valence-electron chi connectivity index (χ0n) is 15.4. The monoisotopic (exact) mass is 410 g/mol. The third-order valence-corrected chi connectivity index (χ3v) is 4.60. The number of carbonyl (C=O) groups excluding carboxylic acids is 1. The number of benzene rings is 2. The SMILES string of the molecule is Cc1ccc(NC(=O)Cn2cccc2-c2nc(-c3ccc(F)cc3)no2)c(Cl)c1. The van der Waals surface area contributed by atoms with Crippen LogP contribution in [0.2, 0.25) is 5.02 Å². The van der Waals surface area contributed by atoms with Gasteiger partial charge in [0.25, 0.3) is 5.89 Å². The van der Waals surface area contributed by atoms with Crippen molar-refractivity contribution in [1.29, 1.82) is 0 Å². The van der Waals surface area contributed by atoms with Crippen molar-refractivity contribution in [1.82, 2.24) is 14.7 Å². The predicted octanol–water partition coefficient (Wildman–Crippen LogP) is 4.94. The molecule has 1 amide bonds. The summed E-state index contributed by atoms with van der Waals surface area (Å²) in [6.45, 7) is 1.97. The van der Waals surface area contributed by atoms with E-state index in [0.717, 1.165) is 5.56 Å². The third-order valence-electron chi connectivity index (χ3n) is 4.29. The van der Waals surface area contributed by atoms with Crippen LogP contribution in [0.15, 0.2) is 65.3 Å². The molecule has 0 aliphatic heterocycles. The zero-order valence-corrected chi connectivity index (χ0v) is 16.2. The molecule has 0 aliphatic rings. The van der Waals surface area contributed by atoms with Crippen molar-refractivity contribution >= 4 is 23.2 Å². The fourth-order valence-electron chi connectivity index (χ4n) is 2.86. The molecule has 0 bridgehead atoms. The molecule has 0 saturated carbocycles. The van der Waals surface area contributed by atoms with Gasteiger partial charge in [0.15, 0.2) is 0 Å². The second-order valence-electron chi connectivity index (χ2n) is 6.48. The van der Waals surface area contributed by atoms with Crippen molar-refractivity contribution in [3.05, 3.63) is 77.2 Å². The summed E-state index contributed by atoms with van der Waals surface area (Å²) in [5.41, 5.74) is 2.78. The summed E-state index contributed by atoms with van der Waals surface area (Å²) in [6, 6.07) is 14.8. The topological polar surface area (TPSA) is 73.0 Å². The summed E-state index contributed by atoms with van der Waals surface area (Å²) in [5, 5.41) is 7.22. The van der Waals surface area contributed by atoms with Crippen molar-refractivity contribution in [3.8, 4) is 23.0 Å². The molecule has 6 nitrogen and oxygen atoms in total. The second kappa shape index (κ2) is 7.89. The molecule has 146 valence electrons. The van der Waals surface area contributed by atoms with Gasteiger partial charge in [-0.25, -0.2) is 4.39 Å². The second-order valence-corrected chi connectivity index (χ2v) is 6.89. The van der Waals surface area contributed by atoms with E-state index in [1.54, 1.807) is 47.2 Å². The summed E-state index contributed by atoms with van der Waals surface area (Å²) in [6.07, 6.45) is 1.74. The normalized spacial score (nSPS) is 10.9. The van der Waals surface area contributed by atoms with Crippen molar-refractivity contribution in [2.24, 2.45) is 0 Å². The number of halogens is 2. The van der Waals surface area contributed by atoms with Gasteiger partial charge in [0.1, 0.15) is 18.1 Å². The average Bonchev–Trinajstić information content (AvgIpc) is 3.34. The third kappa shape index (κ3) is 4.20. The van der Waals surface area contributed by atoms with Gasteiger partial charge in [0.2, 0.25) is 11.7 Å². The van der Waals surface area contributed by atoms with Crippen LogP contribution in [-0.2, 0) is 11.3 Å². The molecule has 2 heterocycles. The van der Waals surface area contributed by atoms with Crippen LogP contribution in [0.3, 0.4) is 0 Å². The van der Waals surface area contributed by atoms with Crippen LogP contribution < -0.4 is 5.32 Å². The van der Waals surface area contributed by atoms with Crippen molar-refractivity contribution in [3.63, 3.8) is 0 Å². The Kier molecular flexibility index (Phi) is 5.14. The van der Waals surface area contributed by atoms with Crippen LogP contribution in [0, 0.1) is 12.7 Å². The van der Waals surface area contributed by atoms with Crippen molar-refractivity contribution in [2.75, 3.05) is 5.32 Å². The lowest BCUT2D eigenvalue weighted by molar-refractivity contribution is -0.116. The van der Waals surface area contributed by atoms with Crippen LogP contribution in [0.25, 0.3) is 23.0 Å². The maximum atomic E-state index is 13.1. The Morgan fingerprint density at radius 1 is 1.21 bits per heavy atom. The largest absolute Gasteiger partial charge is 0.334 e. The highest BCUT2D eigenvalue weighted by Gasteiger charge is 2.16. The lowest BCUT2D eigenvalue weighted by Gasteiger charge is -2.10. The van der Waals surface area contributed by atoms with Gasteiger partial charge in [-0.2, -0.15) is 4.98 Å². The minimum absolute atomic E-state index is 0.0425. The number of nitrogens with one attached hydrogen (secondary N) is 1. The van der Waals surface area contributed by atoms with E-state index in [1.165, 1.54) is 12.1 Å². The van der Waals surface area contributed by atoms with Gasteiger partial charge >= 0.3 is 0 Å². The van der Waals surface area contributed by atoms with Crippen LogP contribution in [0.5, 0.6) is 0 Å². The molecule has 8 heteroatoms. The van der Waals surface area contributed by atoms with E-state index in [0.29, 0.717) is 27.8 Å². The molecule has 1 N–H and O–H groups in total. The van der Waals surface area contributed by atoms with Crippen molar-refractivity contribution in [2.45, 2.75) is 13.5 Å². The molecule has 4 aromatic rings. The summed E-state index contributed by atoms with van der Waals surface area (Å²) >= 11 is 6.18. The number of aromatic nitrogens is 3. The number of amides is 1. The van der Waals surface area contributed by atoms with Gasteiger partial charge in [-0.3, -0.25) is 4.79 Å². The maximum Gasteiger partial charge on any atom is 0.274 e. The molecule has 0 fully saturated rings. The molecule has 0 aliphatic carbocycles. The van der Waals surface area contributed by atoms with Gasteiger partial charge < -0.3 is 14.4 Å². The quantitative estimate of drug-likeness (QED) is 0.505. The minimum Gasteiger partial charge on any atom is -0.334 e. The Balaban J connectivity index is 1.51. The Labute approximate surface area is 170 Å².